The molecule has 0 saturated carbocycles. The average Bonchev–Trinajstić information content (AvgIpc) is 2.17. The number of hydrogen-bond acceptors (Lipinski definition) is 3. The van der Waals surface area contributed by atoms with Crippen molar-refractivity contribution in [3.63, 3.8) is 0 Å². The monoisotopic (exact) mass is 215 g/mol. The molecule has 1 atom stereocenters. The van der Waals surface area contributed by atoms with Crippen molar-refractivity contribution in [2.24, 2.45) is 5.92 Å². The third kappa shape index (κ3) is 4.51. The zero-order chi connectivity index (χ0) is 11.3. The Labute approximate surface area is 91.3 Å². The molecule has 0 aromatic carbocycles. The summed E-state index contributed by atoms with van der Waals surface area (Å²) in [6, 6.07) is 0.167. The molecule has 4 nitrogen and oxygen atoms in total. The van der Waals surface area contributed by atoms with Gasteiger partial charge in [0, 0.05) is 19.3 Å². The third-order valence-corrected chi connectivity index (χ3v) is 2.66. The van der Waals surface area contributed by atoms with Crippen molar-refractivity contribution >= 4 is 6.09 Å². The van der Waals surface area contributed by atoms with E-state index in [0.29, 0.717) is 5.92 Å². The molecular weight excluding hydrogens is 194 g/mol. The second-order valence-corrected chi connectivity index (χ2v) is 4.34. The predicted molar refractivity (Wildman–Crippen MR) is 57.8 cm³/mol. The maximum Gasteiger partial charge on any atom is 0.407 e. The Morgan fingerprint density at radius 2 is 1.93 bits per heavy atom. The van der Waals surface area contributed by atoms with E-state index < -0.39 is 0 Å². The molecule has 0 bridgehead atoms. The lowest BCUT2D eigenvalue weighted by atomic mass is 9.93. The Balaban J connectivity index is 2.27. The molecule has 0 aliphatic carbocycles. The Bertz CT molecular complexity index is 200. The van der Waals surface area contributed by atoms with Crippen LogP contribution in [0.15, 0.2) is 0 Å². The van der Waals surface area contributed by atoms with Gasteiger partial charge < -0.3 is 14.8 Å². The lowest BCUT2D eigenvalue weighted by Gasteiger charge is -2.28. The van der Waals surface area contributed by atoms with E-state index in [1.807, 2.05) is 20.8 Å². The highest BCUT2D eigenvalue weighted by molar-refractivity contribution is 5.67. The molecule has 0 radical (unpaired) electrons. The van der Waals surface area contributed by atoms with Gasteiger partial charge in [0.1, 0.15) is 0 Å². The predicted octanol–water partition coefficient (Wildman–Crippen LogP) is 1.94. The fourth-order valence-corrected chi connectivity index (χ4v) is 1.77. The van der Waals surface area contributed by atoms with Gasteiger partial charge in [-0.3, -0.25) is 0 Å². The highest BCUT2D eigenvalue weighted by Crippen LogP contribution is 2.18. The minimum absolute atomic E-state index is 0.0631. The lowest BCUT2D eigenvalue weighted by molar-refractivity contribution is 0.0526. The molecule has 4 heteroatoms. The van der Waals surface area contributed by atoms with Crippen molar-refractivity contribution < 1.29 is 14.3 Å². The van der Waals surface area contributed by atoms with Crippen molar-refractivity contribution in [1.82, 2.24) is 5.32 Å². The number of nitrogens with one attached hydrogen (secondary N) is 1. The second kappa shape index (κ2) is 5.95. The Hall–Kier alpha value is -0.770. The first-order valence-corrected chi connectivity index (χ1v) is 5.64. The van der Waals surface area contributed by atoms with Gasteiger partial charge in [-0.25, -0.2) is 4.79 Å². The number of carbonyl (C=O) groups is 1. The smallest absolute Gasteiger partial charge is 0.407 e. The van der Waals surface area contributed by atoms with Gasteiger partial charge in [-0.1, -0.05) is 0 Å². The first kappa shape index (κ1) is 12.3. The minimum atomic E-state index is -0.316. The average molecular weight is 215 g/mol. The number of hydrogen-bond donors (Lipinski definition) is 1. The van der Waals surface area contributed by atoms with Gasteiger partial charge in [0.05, 0.1) is 6.10 Å². The summed E-state index contributed by atoms with van der Waals surface area (Å²) in [5, 5.41) is 2.86. The van der Waals surface area contributed by atoms with Crippen LogP contribution in [0.4, 0.5) is 4.79 Å². The molecule has 1 aliphatic heterocycles. The zero-order valence-electron chi connectivity index (χ0n) is 9.79. The zero-order valence-corrected chi connectivity index (χ0v) is 9.79. The summed E-state index contributed by atoms with van der Waals surface area (Å²) in [6.45, 7) is 7.32. The largest absolute Gasteiger partial charge is 0.447 e. The van der Waals surface area contributed by atoms with E-state index >= 15 is 0 Å². The van der Waals surface area contributed by atoms with E-state index in [2.05, 4.69) is 5.32 Å². The normalized spacial score (nSPS) is 20.0. The van der Waals surface area contributed by atoms with Crippen LogP contribution in [0.2, 0.25) is 0 Å². The fourth-order valence-electron chi connectivity index (χ4n) is 1.77. The summed E-state index contributed by atoms with van der Waals surface area (Å²) in [7, 11) is 0. The topological polar surface area (TPSA) is 47.6 Å². The van der Waals surface area contributed by atoms with Gasteiger partial charge in [-0.15, -0.1) is 0 Å². The van der Waals surface area contributed by atoms with Crippen molar-refractivity contribution in [2.75, 3.05) is 13.2 Å². The number of alkyl carbamates (subject to hydrolysis) is 1. The van der Waals surface area contributed by atoms with Crippen LogP contribution in [-0.2, 0) is 9.47 Å². The summed E-state index contributed by atoms with van der Waals surface area (Å²) < 4.78 is 10.3. The molecule has 1 heterocycles. The maximum atomic E-state index is 11.3. The third-order valence-electron chi connectivity index (χ3n) is 2.66. The van der Waals surface area contributed by atoms with Crippen molar-refractivity contribution in [3.05, 3.63) is 0 Å². The van der Waals surface area contributed by atoms with Gasteiger partial charge in [0.15, 0.2) is 0 Å². The molecule has 1 amide bonds. The Morgan fingerprint density at radius 1 is 1.33 bits per heavy atom. The van der Waals surface area contributed by atoms with Gasteiger partial charge >= 0.3 is 6.09 Å². The van der Waals surface area contributed by atoms with Crippen LogP contribution in [0.3, 0.4) is 0 Å². The second-order valence-electron chi connectivity index (χ2n) is 4.34. The molecule has 1 aliphatic rings. The quantitative estimate of drug-likeness (QED) is 0.782. The van der Waals surface area contributed by atoms with Crippen LogP contribution in [0, 0.1) is 5.92 Å². The molecule has 1 rings (SSSR count). The van der Waals surface area contributed by atoms with E-state index in [0.717, 1.165) is 26.1 Å². The van der Waals surface area contributed by atoms with Gasteiger partial charge in [-0.2, -0.15) is 0 Å². The van der Waals surface area contributed by atoms with E-state index in [1.165, 1.54) is 0 Å². The Kier molecular flexibility index (Phi) is 4.88. The summed E-state index contributed by atoms with van der Waals surface area (Å²) in [4.78, 5) is 11.3. The molecule has 88 valence electrons. The van der Waals surface area contributed by atoms with Gasteiger partial charge in [-0.05, 0) is 39.5 Å². The highest BCUT2D eigenvalue weighted by atomic mass is 16.6. The van der Waals surface area contributed by atoms with Crippen LogP contribution in [0.5, 0.6) is 0 Å². The summed E-state index contributed by atoms with van der Waals surface area (Å²) in [5.74, 6) is 0.512. The van der Waals surface area contributed by atoms with E-state index in [1.54, 1.807) is 0 Å². The first-order chi connectivity index (χ1) is 7.09. The van der Waals surface area contributed by atoms with E-state index in [9.17, 15) is 4.79 Å². The molecule has 1 unspecified atom stereocenters. The standard InChI is InChI=1S/C11H21NO3/c1-8(2)15-11(13)12-9(3)10-4-6-14-7-5-10/h8-10H,4-7H2,1-3H3,(H,12,13). The number of ether oxygens (including phenoxy) is 2. The van der Waals surface area contributed by atoms with Crippen molar-refractivity contribution in [3.8, 4) is 0 Å². The van der Waals surface area contributed by atoms with Crippen LogP contribution >= 0.6 is 0 Å². The molecule has 1 fully saturated rings. The SMILES string of the molecule is CC(C)OC(=O)NC(C)C1CCOCC1. The van der Waals surface area contributed by atoms with Crippen LogP contribution in [0.25, 0.3) is 0 Å². The molecule has 0 spiro atoms. The summed E-state index contributed by atoms with van der Waals surface area (Å²) in [5.41, 5.74) is 0. The van der Waals surface area contributed by atoms with E-state index in [-0.39, 0.29) is 18.2 Å². The fraction of sp³-hybridized carbons (Fsp3) is 0.909. The van der Waals surface area contributed by atoms with Crippen LogP contribution in [0.1, 0.15) is 33.6 Å². The Morgan fingerprint density at radius 3 is 2.47 bits per heavy atom. The highest BCUT2D eigenvalue weighted by Gasteiger charge is 2.22. The van der Waals surface area contributed by atoms with E-state index in [4.69, 9.17) is 9.47 Å². The maximum absolute atomic E-state index is 11.3. The van der Waals surface area contributed by atoms with Crippen LogP contribution < -0.4 is 5.32 Å². The molecule has 0 aromatic rings. The van der Waals surface area contributed by atoms with Crippen molar-refractivity contribution in [1.29, 1.82) is 0 Å². The first-order valence-electron chi connectivity index (χ1n) is 5.64. The number of carbonyl (C=O) groups excluding carboxylic acids is 1. The molecular formula is C11H21NO3. The molecule has 1 N–H and O–H groups in total. The van der Waals surface area contributed by atoms with Gasteiger partial charge in [0.25, 0.3) is 0 Å². The van der Waals surface area contributed by atoms with Crippen LogP contribution in [-0.4, -0.2) is 31.5 Å². The molecule has 15 heavy (non-hydrogen) atoms. The molecule has 0 aromatic heterocycles. The minimum Gasteiger partial charge on any atom is -0.447 e. The summed E-state index contributed by atoms with van der Waals surface area (Å²) in [6.07, 6.45) is 1.66. The van der Waals surface area contributed by atoms with Gasteiger partial charge in [0.2, 0.25) is 0 Å². The number of rotatable bonds is 3. The summed E-state index contributed by atoms with van der Waals surface area (Å²) >= 11 is 0. The van der Waals surface area contributed by atoms with Crippen molar-refractivity contribution in [2.45, 2.75) is 45.8 Å². The number of amides is 1. The lowest BCUT2D eigenvalue weighted by Crippen LogP contribution is -2.41. The molecule has 1 saturated heterocycles.